The van der Waals surface area contributed by atoms with Crippen molar-refractivity contribution < 1.29 is 25.9 Å². The zero-order valence-corrected chi connectivity index (χ0v) is 10.9. The lowest BCUT2D eigenvalue weighted by Crippen LogP contribution is -2.11. The number of anilines is 1. The summed E-state index contributed by atoms with van der Waals surface area (Å²) in [5.74, 6) is 0. The van der Waals surface area contributed by atoms with Crippen LogP contribution in [0.2, 0.25) is 0 Å². The lowest BCUT2D eigenvalue weighted by atomic mass is 10.1. The first-order valence-electron chi connectivity index (χ1n) is 4.88. The summed E-state index contributed by atoms with van der Waals surface area (Å²) in [4.78, 5) is -1.97. The zero-order valence-electron chi connectivity index (χ0n) is 9.31. The lowest BCUT2D eigenvalue weighted by Gasteiger charge is -2.11. The summed E-state index contributed by atoms with van der Waals surface area (Å²) in [6, 6.07) is 7.05. The van der Waals surface area contributed by atoms with Gasteiger partial charge in [-0.25, -0.2) is 0 Å². The second-order valence-corrected chi connectivity index (χ2v) is 6.54. The van der Waals surface area contributed by atoms with Gasteiger partial charge in [0.2, 0.25) is 0 Å². The van der Waals surface area contributed by atoms with Crippen LogP contribution in [0.5, 0.6) is 0 Å². The Bertz CT molecular complexity index is 870. The largest absolute Gasteiger partial charge is 0.397 e. The van der Waals surface area contributed by atoms with Gasteiger partial charge in [0, 0.05) is 5.39 Å². The van der Waals surface area contributed by atoms with Crippen molar-refractivity contribution in [3.63, 3.8) is 0 Å². The van der Waals surface area contributed by atoms with Gasteiger partial charge in [-0.2, -0.15) is 16.8 Å². The van der Waals surface area contributed by atoms with Crippen molar-refractivity contribution in [2.45, 2.75) is 9.79 Å². The van der Waals surface area contributed by atoms with Gasteiger partial charge in [-0.1, -0.05) is 24.3 Å². The highest BCUT2D eigenvalue weighted by Gasteiger charge is 2.28. The molecule has 102 valence electrons. The van der Waals surface area contributed by atoms with Crippen LogP contribution >= 0.6 is 0 Å². The van der Waals surface area contributed by atoms with Gasteiger partial charge < -0.3 is 5.73 Å². The van der Waals surface area contributed by atoms with E-state index in [9.17, 15) is 16.8 Å². The van der Waals surface area contributed by atoms with Crippen molar-refractivity contribution in [3.05, 3.63) is 30.3 Å². The SMILES string of the molecule is Nc1c(S(=O)(=O)O)c(S(=O)(=O)O)cc2ccccc12. The Labute approximate surface area is 109 Å². The fourth-order valence-corrected chi connectivity index (χ4v) is 3.74. The Hall–Kier alpha value is -1.68. The van der Waals surface area contributed by atoms with Crippen molar-refractivity contribution in [3.8, 4) is 0 Å². The number of nitrogen functional groups attached to an aromatic ring is 1. The second kappa shape index (κ2) is 4.17. The molecule has 0 bridgehead atoms. The maximum atomic E-state index is 11.3. The van der Waals surface area contributed by atoms with Crippen LogP contribution in [0.25, 0.3) is 10.8 Å². The Balaban J connectivity index is 3.11. The first-order chi connectivity index (χ1) is 8.62. The molecular weight excluding hydrogens is 294 g/mol. The van der Waals surface area contributed by atoms with Crippen LogP contribution in [-0.2, 0) is 20.2 Å². The molecule has 19 heavy (non-hydrogen) atoms. The summed E-state index contributed by atoms with van der Waals surface area (Å²) in [5, 5.41) is 0.572. The third-order valence-corrected chi connectivity index (χ3v) is 4.50. The molecule has 0 aliphatic heterocycles. The van der Waals surface area contributed by atoms with Gasteiger partial charge in [-0.05, 0) is 11.5 Å². The highest BCUT2D eigenvalue weighted by molar-refractivity contribution is 7.89. The first kappa shape index (κ1) is 13.7. The molecule has 0 saturated carbocycles. The van der Waals surface area contributed by atoms with Crippen LogP contribution < -0.4 is 5.73 Å². The monoisotopic (exact) mass is 303 g/mol. The fraction of sp³-hybridized carbons (Fsp3) is 0. The lowest BCUT2D eigenvalue weighted by molar-refractivity contribution is 0.467. The first-order valence-corrected chi connectivity index (χ1v) is 7.76. The molecular formula is C10H9NO6S2. The number of fused-ring (bicyclic) bond motifs is 1. The van der Waals surface area contributed by atoms with E-state index >= 15 is 0 Å². The summed E-state index contributed by atoms with van der Waals surface area (Å²) >= 11 is 0. The van der Waals surface area contributed by atoms with Gasteiger partial charge in [0.05, 0.1) is 5.69 Å². The smallest absolute Gasteiger partial charge is 0.298 e. The van der Waals surface area contributed by atoms with E-state index in [1.807, 2.05) is 0 Å². The van der Waals surface area contributed by atoms with Crippen LogP contribution in [0.15, 0.2) is 40.1 Å². The summed E-state index contributed by atoms with van der Waals surface area (Å²) in [5.41, 5.74) is 5.15. The molecule has 7 nitrogen and oxygen atoms in total. The molecule has 0 unspecified atom stereocenters. The summed E-state index contributed by atoms with van der Waals surface area (Å²) in [7, 11) is -9.75. The van der Waals surface area contributed by atoms with E-state index in [0.717, 1.165) is 6.07 Å². The molecule has 0 aromatic heterocycles. The fourth-order valence-electron chi connectivity index (χ4n) is 1.79. The van der Waals surface area contributed by atoms with E-state index in [2.05, 4.69) is 0 Å². The third-order valence-electron chi connectivity index (χ3n) is 2.54. The summed E-state index contributed by atoms with van der Waals surface area (Å²) < 4.78 is 63.1. The van der Waals surface area contributed by atoms with E-state index in [0.29, 0.717) is 5.39 Å². The van der Waals surface area contributed by atoms with Gasteiger partial charge in [0.25, 0.3) is 20.2 Å². The molecule has 2 aromatic rings. The topological polar surface area (TPSA) is 135 Å². The molecule has 2 aromatic carbocycles. The van der Waals surface area contributed by atoms with Crippen molar-refractivity contribution >= 4 is 36.7 Å². The van der Waals surface area contributed by atoms with Gasteiger partial charge in [0.15, 0.2) is 0 Å². The normalized spacial score (nSPS) is 12.7. The van der Waals surface area contributed by atoms with Crippen LogP contribution in [0, 0.1) is 0 Å². The second-order valence-electron chi connectivity index (χ2n) is 3.79. The molecule has 0 heterocycles. The van der Waals surface area contributed by atoms with Gasteiger partial charge in [0.1, 0.15) is 9.79 Å². The zero-order chi connectivity index (χ0) is 14.4. The molecule has 9 heteroatoms. The molecule has 0 aliphatic rings. The van der Waals surface area contributed by atoms with Crippen LogP contribution in [0.3, 0.4) is 0 Å². The predicted octanol–water partition coefficient (Wildman–Crippen LogP) is 0.915. The third kappa shape index (κ3) is 2.40. The molecule has 0 aliphatic carbocycles. The Morgan fingerprint density at radius 2 is 1.53 bits per heavy atom. The maximum absolute atomic E-state index is 11.3. The Kier molecular flexibility index (Phi) is 3.01. The number of nitrogens with two attached hydrogens (primary N) is 1. The minimum atomic E-state index is -4.90. The van der Waals surface area contributed by atoms with E-state index in [-0.39, 0.29) is 5.39 Å². The van der Waals surface area contributed by atoms with E-state index < -0.39 is 35.7 Å². The van der Waals surface area contributed by atoms with Crippen molar-refractivity contribution in [1.29, 1.82) is 0 Å². The van der Waals surface area contributed by atoms with Crippen molar-refractivity contribution in [1.82, 2.24) is 0 Å². The molecule has 0 radical (unpaired) electrons. The molecule has 4 N–H and O–H groups in total. The van der Waals surface area contributed by atoms with Crippen molar-refractivity contribution in [2.75, 3.05) is 5.73 Å². The van der Waals surface area contributed by atoms with E-state index in [1.165, 1.54) is 12.1 Å². The minimum absolute atomic E-state index is 0.252. The minimum Gasteiger partial charge on any atom is -0.397 e. The van der Waals surface area contributed by atoms with Crippen LogP contribution in [-0.4, -0.2) is 25.9 Å². The highest BCUT2D eigenvalue weighted by Crippen LogP contribution is 2.34. The van der Waals surface area contributed by atoms with E-state index in [4.69, 9.17) is 14.8 Å². The molecule has 0 fully saturated rings. The summed E-state index contributed by atoms with van der Waals surface area (Å²) in [6.45, 7) is 0. The van der Waals surface area contributed by atoms with E-state index in [1.54, 1.807) is 12.1 Å². The Morgan fingerprint density at radius 3 is 2.05 bits per heavy atom. The molecule has 2 rings (SSSR count). The predicted molar refractivity (Wildman–Crippen MR) is 68.0 cm³/mol. The van der Waals surface area contributed by atoms with Crippen LogP contribution in [0.4, 0.5) is 5.69 Å². The van der Waals surface area contributed by atoms with Gasteiger partial charge >= 0.3 is 0 Å². The number of benzene rings is 2. The maximum Gasteiger partial charge on any atom is 0.298 e. The molecule has 0 saturated heterocycles. The molecule has 0 atom stereocenters. The van der Waals surface area contributed by atoms with Gasteiger partial charge in [-0.15, -0.1) is 0 Å². The quantitative estimate of drug-likeness (QED) is 0.554. The molecule has 0 spiro atoms. The standard InChI is InChI=1S/C10H9NO6S2/c11-9-7-4-2-1-3-6(7)5-8(18(12,13)14)10(9)19(15,16)17/h1-5H,11H2,(H,12,13,14)(H,15,16,17). The number of rotatable bonds is 2. The average molecular weight is 303 g/mol. The Morgan fingerprint density at radius 1 is 0.947 bits per heavy atom. The van der Waals surface area contributed by atoms with Crippen molar-refractivity contribution in [2.24, 2.45) is 0 Å². The molecule has 0 amide bonds. The summed E-state index contributed by atoms with van der Waals surface area (Å²) in [6.07, 6.45) is 0. The number of hydrogen-bond donors (Lipinski definition) is 3. The number of hydrogen-bond acceptors (Lipinski definition) is 5. The average Bonchev–Trinajstić information content (AvgIpc) is 2.26. The van der Waals surface area contributed by atoms with Gasteiger partial charge in [-0.3, -0.25) is 9.11 Å². The van der Waals surface area contributed by atoms with Crippen LogP contribution in [0.1, 0.15) is 0 Å². The highest BCUT2D eigenvalue weighted by atomic mass is 32.2.